The summed E-state index contributed by atoms with van der Waals surface area (Å²) in [5, 5.41) is 2.92. The Hall–Kier alpha value is -2.53. The lowest BCUT2D eigenvalue weighted by Gasteiger charge is -2.09. The van der Waals surface area contributed by atoms with Crippen molar-refractivity contribution in [3.63, 3.8) is 0 Å². The van der Waals surface area contributed by atoms with Gasteiger partial charge in [0.1, 0.15) is 23.0 Å². The molecular weight excluding hydrogens is 382 g/mol. The van der Waals surface area contributed by atoms with E-state index in [-0.39, 0.29) is 5.91 Å². The molecule has 1 N–H and O–H groups in total. The molecule has 3 rings (SSSR count). The van der Waals surface area contributed by atoms with Crippen molar-refractivity contribution >= 4 is 21.8 Å². The molecule has 0 aliphatic rings. The molecule has 5 heteroatoms. The second-order valence-corrected chi connectivity index (χ2v) is 6.44. The highest BCUT2D eigenvalue weighted by molar-refractivity contribution is 9.10. The van der Waals surface area contributed by atoms with Crippen LogP contribution in [0, 0.1) is 13.8 Å². The molecule has 0 aliphatic carbocycles. The van der Waals surface area contributed by atoms with Gasteiger partial charge in [-0.25, -0.2) is 0 Å². The largest absolute Gasteiger partial charge is 0.465 e. The Morgan fingerprint density at radius 1 is 1.04 bits per heavy atom. The average Bonchev–Trinajstić information content (AvgIpc) is 2.86. The molecule has 128 valence electrons. The number of hydrogen-bond acceptors (Lipinski definition) is 3. The molecular formula is C20H18BrNO3. The van der Waals surface area contributed by atoms with Crippen molar-refractivity contribution in [2.45, 2.75) is 20.4 Å². The number of carbonyl (C=O) groups is 1. The van der Waals surface area contributed by atoms with Gasteiger partial charge in [-0.05, 0) is 59.6 Å². The van der Waals surface area contributed by atoms with Crippen LogP contribution in [0.5, 0.6) is 11.5 Å². The summed E-state index contributed by atoms with van der Waals surface area (Å²) in [6.45, 7) is 4.00. The Balaban J connectivity index is 1.67. The van der Waals surface area contributed by atoms with Crippen LogP contribution >= 0.6 is 15.9 Å². The van der Waals surface area contributed by atoms with Crippen LogP contribution in [0.1, 0.15) is 27.4 Å². The zero-order chi connectivity index (χ0) is 17.8. The zero-order valence-corrected chi connectivity index (χ0v) is 15.6. The number of rotatable bonds is 5. The summed E-state index contributed by atoms with van der Waals surface area (Å²) in [6, 6.07) is 17.2. The van der Waals surface area contributed by atoms with Crippen LogP contribution < -0.4 is 10.1 Å². The summed E-state index contributed by atoms with van der Waals surface area (Å²) in [4.78, 5) is 12.4. The number of ether oxygens (including phenoxy) is 1. The first kappa shape index (κ1) is 17.3. The van der Waals surface area contributed by atoms with Gasteiger partial charge in [0.15, 0.2) is 0 Å². The fourth-order valence-electron chi connectivity index (χ4n) is 2.53. The second-order valence-electron chi connectivity index (χ2n) is 5.65. The van der Waals surface area contributed by atoms with Crippen LogP contribution in [-0.2, 0) is 6.54 Å². The summed E-state index contributed by atoms with van der Waals surface area (Å²) >= 11 is 3.40. The van der Waals surface area contributed by atoms with Crippen LogP contribution in [-0.4, -0.2) is 5.91 Å². The van der Waals surface area contributed by atoms with Gasteiger partial charge < -0.3 is 14.5 Å². The maximum Gasteiger partial charge on any atom is 0.256 e. The van der Waals surface area contributed by atoms with E-state index in [0.29, 0.717) is 28.1 Å². The maximum atomic E-state index is 12.4. The highest BCUT2D eigenvalue weighted by Gasteiger charge is 2.19. The molecule has 0 bridgehead atoms. The topological polar surface area (TPSA) is 51.5 Å². The van der Waals surface area contributed by atoms with Gasteiger partial charge in [-0.2, -0.15) is 0 Å². The smallest absolute Gasteiger partial charge is 0.256 e. The van der Waals surface area contributed by atoms with Crippen LogP contribution in [0.15, 0.2) is 63.5 Å². The minimum Gasteiger partial charge on any atom is -0.465 e. The van der Waals surface area contributed by atoms with Crippen molar-refractivity contribution in [3.05, 3.63) is 81.7 Å². The zero-order valence-electron chi connectivity index (χ0n) is 14.0. The number of carbonyl (C=O) groups excluding carboxylic acids is 1. The van der Waals surface area contributed by atoms with Gasteiger partial charge in [0.25, 0.3) is 5.91 Å². The normalized spacial score (nSPS) is 10.5. The number of nitrogens with one attached hydrogen (secondary N) is 1. The molecule has 2 aromatic carbocycles. The fraction of sp³-hybridized carbons (Fsp3) is 0.150. The first-order chi connectivity index (χ1) is 12.0. The predicted molar refractivity (Wildman–Crippen MR) is 100 cm³/mol. The summed E-state index contributed by atoms with van der Waals surface area (Å²) in [5.41, 5.74) is 1.49. The van der Waals surface area contributed by atoms with Crippen LogP contribution in [0.2, 0.25) is 0 Å². The third kappa shape index (κ3) is 4.12. The van der Waals surface area contributed by atoms with Gasteiger partial charge in [-0.15, -0.1) is 0 Å². The number of halogens is 1. The molecule has 0 saturated carbocycles. The number of hydrogen-bond donors (Lipinski definition) is 1. The molecule has 1 aromatic heterocycles. The van der Waals surface area contributed by atoms with Gasteiger partial charge in [0.05, 0.1) is 10.0 Å². The Labute approximate surface area is 154 Å². The van der Waals surface area contributed by atoms with E-state index in [1.165, 1.54) is 0 Å². The summed E-state index contributed by atoms with van der Waals surface area (Å²) in [6.07, 6.45) is 0. The van der Waals surface area contributed by atoms with Crippen LogP contribution in [0.4, 0.5) is 0 Å². The van der Waals surface area contributed by atoms with Gasteiger partial charge in [-0.1, -0.05) is 30.3 Å². The molecule has 3 aromatic rings. The molecule has 0 radical (unpaired) electrons. The maximum absolute atomic E-state index is 12.4. The summed E-state index contributed by atoms with van der Waals surface area (Å²) in [5.74, 6) is 2.63. The van der Waals surface area contributed by atoms with Gasteiger partial charge in [0.2, 0.25) is 0 Å². The molecule has 1 heterocycles. The molecule has 0 aliphatic heterocycles. The third-order valence-electron chi connectivity index (χ3n) is 3.74. The first-order valence-corrected chi connectivity index (χ1v) is 8.69. The van der Waals surface area contributed by atoms with Crippen LogP contribution in [0.25, 0.3) is 0 Å². The summed E-state index contributed by atoms with van der Waals surface area (Å²) in [7, 11) is 0. The predicted octanol–water partition coefficient (Wildman–Crippen LogP) is 5.38. The molecule has 4 nitrogen and oxygen atoms in total. The molecule has 0 spiro atoms. The number of para-hydroxylation sites is 1. The van der Waals surface area contributed by atoms with E-state index in [4.69, 9.17) is 9.15 Å². The molecule has 0 unspecified atom stereocenters. The van der Waals surface area contributed by atoms with Gasteiger partial charge in [0, 0.05) is 6.54 Å². The van der Waals surface area contributed by atoms with Crippen molar-refractivity contribution in [2.24, 2.45) is 0 Å². The standard InChI is InChI=1S/C20H18BrNO3/c1-13-18(19(21)14(2)24-13)20(23)22-12-15-7-6-10-17(11-15)25-16-8-4-3-5-9-16/h3-11H,12H2,1-2H3,(H,22,23). The lowest BCUT2D eigenvalue weighted by molar-refractivity contribution is 0.0948. The van der Waals surface area contributed by atoms with Crippen LogP contribution in [0.3, 0.4) is 0 Å². The number of benzene rings is 2. The SMILES string of the molecule is Cc1oc(C)c(C(=O)NCc2cccc(Oc3ccccc3)c2)c1Br. The van der Waals surface area contributed by atoms with E-state index in [1.54, 1.807) is 6.92 Å². The fourth-order valence-corrected chi connectivity index (χ4v) is 3.07. The number of furan rings is 1. The molecule has 0 fully saturated rings. The van der Waals surface area contributed by atoms with Crippen molar-refractivity contribution in [1.82, 2.24) is 5.32 Å². The lowest BCUT2D eigenvalue weighted by atomic mass is 10.2. The van der Waals surface area contributed by atoms with Crippen molar-refractivity contribution < 1.29 is 13.9 Å². The molecule has 0 saturated heterocycles. The minimum absolute atomic E-state index is 0.171. The Bertz CT molecular complexity index is 887. The van der Waals surface area contributed by atoms with Crippen molar-refractivity contribution in [1.29, 1.82) is 0 Å². The van der Waals surface area contributed by atoms with Crippen molar-refractivity contribution in [3.8, 4) is 11.5 Å². The number of amides is 1. The van der Waals surface area contributed by atoms with E-state index >= 15 is 0 Å². The van der Waals surface area contributed by atoms with E-state index < -0.39 is 0 Å². The van der Waals surface area contributed by atoms with E-state index in [1.807, 2.05) is 61.5 Å². The monoisotopic (exact) mass is 399 g/mol. The number of aryl methyl sites for hydroxylation is 2. The quantitative estimate of drug-likeness (QED) is 0.626. The molecule has 25 heavy (non-hydrogen) atoms. The van der Waals surface area contributed by atoms with E-state index in [2.05, 4.69) is 21.2 Å². The van der Waals surface area contributed by atoms with E-state index in [0.717, 1.165) is 17.1 Å². The minimum atomic E-state index is -0.171. The highest BCUT2D eigenvalue weighted by Crippen LogP contribution is 2.27. The van der Waals surface area contributed by atoms with Crippen molar-refractivity contribution in [2.75, 3.05) is 0 Å². The summed E-state index contributed by atoms with van der Waals surface area (Å²) < 4.78 is 12.0. The van der Waals surface area contributed by atoms with Gasteiger partial charge >= 0.3 is 0 Å². The van der Waals surface area contributed by atoms with Gasteiger partial charge in [-0.3, -0.25) is 4.79 Å². The Morgan fingerprint density at radius 2 is 1.76 bits per heavy atom. The Morgan fingerprint density at radius 3 is 2.44 bits per heavy atom. The lowest BCUT2D eigenvalue weighted by Crippen LogP contribution is -2.23. The third-order valence-corrected chi connectivity index (χ3v) is 4.70. The Kier molecular flexibility index (Phi) is 5.24. The molecule has 1 amide bonds. The average molecular weight is 400 g/mol. The second kappa shape index (κ2) is 7.57. The highest BCUT2D eigenvalue weighted by atomic mass is 79.9. The first-order valence-electron chi connectivity index (χ1n) is 7.90. The van der Waals surface area contributed by atoms with E-state index in [9.17, 15) is 4.79 Å². The molecule has 0 atom stereocenters.